The summed E-state index contributed by atoms with van der Waals surface area (Å²) >= 11 is 0. The van der Waals surface area contributed by atoms with E-state index < -0.39 is 6.10 Å². The molecule has 0 saturated heterocycles. The van der Waals surface area contributed by atoms with E-state index in [2.05, 4.69) is 4.98 Å². The van der Waals surface area contributed by atoms with Crippen LogP contribution in [-0.2, 0) is 0 Å². The number of aryl methyl sites for hydroxylation is 1. The summed E-state index contributed by atoms with van der Waals surface area (Å²) in [4.78, 5) is 4.13. The quantitative estimate of drug-likeness (QED) is 0.796. The molecular formula is C18H17NO2. The highest BCUT2D eigenvalue weighted by Crippen LogP contribution is 2.36. The van der Waals surface area contributed by atoms with Gasteiger partial charge in [-0.3, -0.25) is 4.98 Å². The van der Waals surface area contributed by atoms with Crippen molar-refractivity contribution >= 4 is 10.8 Å². The van der Waals surface area contributed by atoms with Gasteiger partial charge >= 0.3 is 0 Å². The van der Waals surface area contributed by atoms with Gasteiger partial charge in [0.1, 0.15) is 11.9 Å². The van der Waals surface area contributed by atoms with Crippen LogP contribution in [0.3, 0.4) is 0 Å². The molecule has 0 aliphatic carbocycles. The Morgan fingerprint density at radius 3 is 2.67 bits per heavy atom. The van der Waals surface area contributed by atoms with E-state index in [1.165, 1.54) is 0 Å². The molecule has 106 valence electrons. The summed E-state index contributed by atoms with van der Waals surface area (Å²) < 4.78 is 5.46. The highest BCUT2D eigenvalue weighted by atomic mass is 16.5. The van der Waals surface area contributed by atoms with E-state index in [1.54, 1.807) is 19.5 Å². The molecule has 3 nitrogen and oxygen atoms in total. The smallest absolute Gasteiger partial charge is 0.125 e. The van der Waals surface area contributed by atoms with E-state index in [-0.39, 0.29) is 0 Å². The van der Waals surface area contributed by atoms with Gasteiger partial charge in [-0.25, -0.2) is 0 Å². The number of methoxy groups -OCH3 is 1. The first-order valence-corrected chi connectivity index (χ1v) is 6.86. The Hall–Kier alpha value is -2.39. The fourth-order valence-corrected chi connectivity index (χ4v) is 2.65. The summed E-state index contributed by atoms with van der Waals surface area (Å²) in [5.41, 5.74) is 2.59. The van der Waals surface area contributed by atoms with Crippen LogP contribution in [0.4, 0.5) is 0 Å². The second-order valence-corrected chi connectivity index (χ2v) is 5.04. The van der Waals surface area contributed by atoms with Crippen molar-refractivity contribution in [1.82, 2.24) is 4.98 Å². The van der Waals surface area contributed by atoms with Gasteiger partial charge in [0, 0.05) is 23.5 Å². The topological polar surface area (TPSA) is 42.4 Å². The number of pyridine rings is 1. The van der Waals surface area contributed by atoms with E-state index in [4.69, 9.17) is 4.74 Å². The van der Waals surface area contributed by atoms with Gasteiger partial charge in [-0.05, 0) is 35.4 Å². The second kappa shape index (κ2) is 5.54. The van der Waals surface area contributed by atoms with Crippen molar-refractivity contribution in [3.63, 3.8) is 0 Å². The van der Waals surface area contributed by atoms with Crippen LogP contribution < -0.4 is 4.74 Å². The summed E-state index contributed by atoms with van der Waals surface area (Å²) in [5, 5.41) is 12.9. The molecular weight excluding hydrogens is 262 g/mol. The molecule has 1 N–H and O–H groups in total. The number of aromatic nitrogens is 1. The van der Waals surface area contributed by atoms with Crippen molar-refractivity contribution < 1.29 is 9.84 Å². The SMILES string of the molecule is COc1ccc2ccccc2c1C(O)c1cnccc1C. The van der Waals surface area contributed by atoms with Crippen LogP contribution in [0.2, 0.25) is 0 Å². The molecule has 0 aliphatic heterocycles. The maximum Gasteiger partial charge on any atom is 0.125 e. The van der Waals surface area contributed by atoms with Crippen molar-refractivity contribution in [2.45, 2.75) is 13.0 Å². The molecule has 1 heterocycles. The fourth-order valence-electron chi connectivity index (χ4n) is 2.65. The lowest BCUT2D eigenvalue weighted by atomic mass is 9.94. The van der Waals surface area contributed by atoms with Gasteiger partial charge in [0.05, 0.1) is 7.11 Å². The summed E-state index contributed by atoms with van der Waals surface area (Å²) in [6, 6.07) is 13.8. The molecule has 3 heteroatoms. The predicted molar refractivity (Wildman–Crippen MR) is 83.5 cm³/mol. The van der Waals surface area contributed by atoms with E-state index in [9.17, 15) is 5.11 Å². The molecule has 0 aliphatic rings. The zero-order chi connectivity index (χ0) is 14.8. The average molecular weight is 279 g/mol. The van der Waals surface area contributed by atoms with Gasteiger partial charge in [0.25, 0.3) is 0 Å². The largest absolute Gasteiger partial charge is 0.496 e. The zero-order valence-electron chi connectivity index (χ0n) is 12.1. The van der Waals surface area contributed by atoms with E-state index >= 15 is 0 Å². The standard InChI is InChI=1S/C18H17NO2/c1-12-9-10-19-11-15(12)18(20)17-14-6-4-3-5-13(14)7-8-16(17)21-2/h3-11,18,20H,1-2H3. The third-order valence-electron chi connectivity index (χ3n) is 3.80. The first-order valence-electron chi connectivity index (χ1n) is 6.86. The molecule has 0 saturated carbocycles. The third-order valence-corrected chi connectivity index (χ3v) is 3.80. The zero-order valence-corrected chi connectivity index (χ0v) is 12.1. The Balaban J connectivity index is 2.25. The molecule has 2 aromatic carbocycles. The lowest BCUT2D eigenvalue weighted by Gasteiger charge is -2.19. The number of nitrogens with zero attached hydrogens (tertiary/aromatic N) is 1. The van der Waals surface area contributed by atoms with Gasteiger partial charge < -0.3 is 9.84 Å². The van der Waals surface area contributed by atoms with Gasteiger partial charge in [-0.15, -0.1) is 0 Å². The van der Waals surface area contributed by atoms with Crippen LogP contribution in [-0.4, -0.2) is 17.2 Å². The Morgan fingerprint density at radius 2 is 1.90 bits per heavy atom. The molecule has 0 radical (unpaired) electrons. The van der Waals surface area contributed by atoms with Crippen molar-refractivity contribution in [2.75, 3.05) is 7.11 Å². The summed E-state index contributed by atoms with van der Waals surface area (Å²) in [5.74, 6) is 0.685. The number of hydrogen-bond donors (Lipinski definition) is 1. The minimum absolute atomic E-state index is 0.685. The van der Waals surface area contributed by atoms with Gasteiger partial charge in [-0.2, -0.15) is 0 Å². The van der Waals surface area contributed by atoms with Gasteiger partial charge in [-0.1, -0.05) is 30.3 Å². The molecule has 0 fully saturated rings. The molecule has 1 aromatic heterocycles. The second-order valence-electron chi connectivity index (χ2n) is 5.04. The molecule has 1 unspecified atom stereocenters. The monoisotopic (exact) mass is 279 g/mol. The minimum atomic E-state index is -0.764. The summed E-state index contributed by atoms with van der Waals surface area (Å²) in [6.07, 6.45) is 2.67. The third kappa shape index (κ3) is 2.36. The van der Waals surface area contributed by atoms with Crippen molar-refractivity contribution in [3.05, 3.63) is 71.5 Å². The summed E-state index contributed by atoms with van der Waals surface area (Å²) in [6.45, 7) is 1.97. The first kappa shape index (κ1) is 13.6. The number of hydrogen-bond acceptors (Lipinski definition) is 3. The maximum absolute atomic E-state index is 10.9. The number of ether oxygens (including phenoxy) is 1. The highest BCUT2D eigenvalue weighted by molar-refractivity contribution is 5.88. The molecule has 3 aromatic rings. The lowest BCUT2D eigenvalue weighted by molar-refractivity contribution is 0.215. The van der Waals surface area contributed by atoms with Crippen LogP contribution in [0.25, 0.3) is 10.8 Å². The Morgan fingerprint density at radius 1 is 1.10 bits per heavy atom. The van der Waals surface area contributed by atoms with Gasteiger partial charge in [0.15, 0.2) is 0 Å². The molecule has 0 spiro atoms. The molecule has 0 amide bonds. The van der Waals surface area contributed by atoms with E-state index in [0.717, 1.165) is 27.5 Å². The van der Waals surface area contributed by atoms with Crippen molar-refractivity contribution in [1.29, 1.82) is 0 Å². The van der Waals surface area contributed by atoms with Crippen molar-refractivity contribution in [2.24, 2.45) is 0 Å². The number of aliphatic hydroxyl groups is 1. The number of fused-ring (bicyclic) bond motifs is 1. The molecule has 1 atom stereocenters. The van der Waals surface area contributed by atoms with Crippen LogP contribution in [0.1, 0.15) is 22.8 Å². The number of aliphatic hydroxyl groups excluding tert-OH is 1. The molecule has 21 heavy (non-hydrogen) atoms. The maximum atomic E-state index is 10.9. The fraction of sp³-hybridized carbons (Fsp3) is 0.167. The van der Waals surface area contributed by atoms with Crippen LogP contribution in [0, 0.1) is 6.92 Å². The summed E-state index contributed by atoms with van der Waals surface area (Å²) in [7, 11) is 1.62. The Kier molecular flexibility index (Phi) is 3.59. The number of benzene rings is 2. The number of rotatable bonds is 3. The lowest BCUT2D eigenvalue weighted by Crippen LogP contribution is -2.05. The van der Waals surface area contributed by atoms with Crippen molar-refractivity contribution in [3.8, 4) is 5.75 Å². The van der Waals surface area contributed by atoms with Crippen LogP contribution in [0.15, 0.2) is 54.9 Å². The molecule has 0 bridgehead atoms. The minimum Gasteiger partial charge on any atom is -0.496 e. The van der Waals surface area contributed by atoms with E-state index in [1.807, 2.05) is 49.4 Å². The Labute approximate surface area is 123 Å². The predicted octanol–water partition coefficient (Wildman–Crippen LogP) is 3.63. The van der Waals surface area contributed by atoms with Gasteiger partial charge in [0.2, 0.25) is 0 Å². The Bertz CT molecular complexity index is 783. The van der Waals surface area contributed by atoms with Crippen LogP contribution >= 0.6 is 0 Å². The highest BCUT2D eigenvalue weighted by Gasteiger charge is 2.20. The first-order chi connectivity index (χ1) is 10.2. The van der Waals surface area contributed by atoms with E-state index in [0.29, 0.717) is 5.75 Å². The normalized spacial score (nSPS) is 12.3. The molecule has 3 rings (SSSR count). The van der Waals surface area contributed by atoms with Crippen LogP contribution in [0.5, 0.6) is 5.75 Å². The average Bonchev–Trinajstić information content (AvgIpc) is 2.53.